The average Bonchev–Trinajstić information content (AvgIpc) is 3.00. The maximum atomic E-state index is 5.94. The van der Waals surface area contributed by atoms with Crippen LogP contribution in [0.15, 0.2) is 0 Å². The summed E-state index contributed by atoms with van der Waals surface area (Å²) in [6, 6.07) is 0. The summed E-state index contributed by atoms with van der Waals surface area (Å²) in [4.78, 5) is 0. The minimum atomic E-state index is 0.429. The molecule has 0 bridgehead atoms. The lowest BCUT2D eigenvalue weighted by Gasteiger charge is -2.08. The van der Waals surface area contributed by atoms with Gasteiger partial charge in [0, 0.05) is 19.6 Å². The van der Waals surface area contributed by atoms with Gasteiger partial charge in [-0.1, -0.05) is 12.8 Å². The van der Waals surface area contributed by atoms with Crippen molar-refractivity contribution in [1.82, 2.24) is 14.8 Å². The number of alkyl halides is 1. The first-order valence-corrected chi connectivity index (χ1v) is 7.37. The summed E-state index contributed by atoms with van der Waals surface area (Å²) in [5.41, 5.74) is 0. The van der Waals surface area contributed by atoms with Gasteiger partial charge in [-0.05, 0) is 24.7 Å². The second-order valence-corrected chi connectivity index (χ2v) is 5.66. The van der Waals surface area contributed by atoms with Crippen LogP contribution in [0.2, 0.25) is 0 Å². The van der Waals surface area contributed by atoms with Crippen LogP contribution >= 0.6 is 11.6 Å². The van der Waals surface area contributed by atoms with Crippen LogP contribution in [0.1, 0.15) is 43.3 Å². The molecule has 1 heterocycles. The monoisotopic (exact) mass is 269 g/mol. The Morgan fingerprint density at radius 1 is 1.28 bits per heavy atom. The fraction of sp³-hybridized carbons (Fsp3) is 0.846. The summed E-state index contributed by atoms with van der Waals surface area (Å²) < 4.78 is 7.35. The van der Waals surface area contributed by atoms with Crippen LogP contribution in [0.25, 0.3) is 0 Å². The standard InChI is InChI=1S/C13H20ClN3O/c1-18-7-6-17-11(8-14)15-16-13(17)12-9-4-2-3-5-10(9)12/h9-10,12H,2-8H2,1H3. The molecule has 0 spiro atoms. The highest BCUT2D eigenvalue weighted by molar-refractivity contribution is 6.16. The molecule has 0 radical (unpaired) electrons. The number of hydrogen-bond acceptors (Lipinski definition) is 3. The van der Waals surface area contributed by atoms with Crippen LogP contribution in [-0.4, -0.2) is 28.5 Å². The van der Waals surface area contributed by atoms with E-state index in [1.807, 2.05) is 0 Å². The molecule has 2 unspecified atom stereocenters. The molecule has 4 nitrogen and oxygen atoms in total. The van der Waals surface area contributed by atoms with Crippen LogP contribution in [0.5, 0.6) is 0 Å². The van der Waals surface area contributed by atoms with Gasteiger partial charge in [-0.15, -0.1) is 21.8 Å². The Labute approximate surface area is 113 Å². The summed E-state index contributed by atoms with van der Waals surface area (Å²) in [7, 11) is 1.72. The number of ether oxygens (including phenoxy) is 1. The summed E-state index contributed by atoms with van der Waals surface area (Å²) in [5.74, 6) is 4.80. The number of nitrogens with zero attached hydrogens (tertiary/aromatic N) is 3. The molecule has 2 aliphatic rings. The highest BCUT2D eigenvalue weighted by atomic mass is 35.5. The van der Waals surface area contributed by atoms with E-state index in [0.29, 0.717) is 18.4 Å². The molecule has 0 saturated heterocycles. The van der Waals surface area contributed by atoms with Gasteiger partial charge in [0.15, 0.2) is 0 Å². The Morgan fingerprint density at radius 3 is 2.61 bits per heavy atom. The quantitative estimate of drug-likeness (QED) is 0.772. The van der Waals surface area contributed by atoms with Gasteiger partial charge in [0.25, 0.3) is 0 Å². The zero-order valence-corrected chi connectivity index (χ0v) is 11.6. The second-order valence-electron chi connectivity index (χ2n) is 5.39. The zero-order valence-electron chi connectivity index (χ0n) is 10.8. The van der Waals surface area contributed by atoms with Crippen LogP contribution in [0, 0.1) is 11.8 Å². The average molecular weight is 270 g/mol. The van der Waals surface area contributed by atoms with Crippen molar-refractivity contribution < 1.29 is 4.74 Å². The first kappa shape index (κ1) is 12.4. The van der Waals surface area contributed by atoms with Gasteiger partial charge < -0.3 is 9.30 Å². The lowest BCUT2D eigenvalue weighted by atomic mass is 10.0. The molecule has 3 rings (SSSR count). The molecule has 2 atom stereocenters. The van der Waals surface area contributed by atoms with Crippen molar-refractivity contribution in [1.29, 1.82) is 0 Å². The molecule has 2 saturated carbocycles. The molecule has 2 aliphatic carbocycles. The molecular weight excluding hydrogens is 250 g/mol. The van der Waals surface area contributed by atoms with Crippen molar-refractivity contribution in [2.24, 2.45) is 11.8 Å². The molecule has 0 aliphatic heterocycles. The number of methoxy groups -OCH3 is 1. The van der Waals surface area contributed by atoms with Crippen LogP contribution in [-0.2, 0) is 17.2 Å². The van der Waals surface area contributed by atoms with E-state index in [1.165, 1.54) is 25.7 Å². The smallest absolute Gasteiger partial charge is 0.148 e. The van der Waals surface area contributed by atoms with Gasteiger partial charge in [-0.25, -0.2) is 0 Å². The number of halogens is 1. The number of rotatable bonds is 5. The molecular formula is C13H20ClN3O. The highest BCUT2D eigenvalue weighted by Gasteiger charge is 2.53. The molecule has 1 aromatic heterocycles. The Bertz CT molecular complexity index is 408. The zero-order chi connectivity index (χ0) is 12.5. The highest BCUT2D eigenvalue weighted by Crippen LogP contribution is 2.60. The van der Waals surface area contributed by atoms with Crippen molar-refractivity contribution >= 4 is 11.6 Å². The fourth-order valence-electron chi connectivity index (χ4n) is 3.50. The Hall–Kier alpha value is -0.610. The number of hydrogen-bond donors (Lipinski definition) is 0. The normalized spacial score (nSPS) is 30.2. The van der Waals surface area contributed by atoms with Crippen molar-refractivity contribution in [3.05, 3.63) is 11.6 Å². The third-order valence-electron chi connectivity index (χ3n) is 4.45. The Morgan fingerprint density at radius 2 is 2.00 bits per heavy atom. The largest absolute Gasteiger partial charge is 0.383 e. The first-order valence-electron chi connectivity index (χ1n) is 6.83. The van der Waals surface area contributed by atoms with E-state index in [0.717, 1.165) is 30.0 Å². The van der Waals surface area contributed by atoms with E-state index in [1.54, 1.807) is 7.11 Å². The van der Waals surface area contributed by atoms with Crippen LogP contribution < -0.4 is 0 Å². The third kappa shape index (κ3) is 2.05. The van der Waals surface area contributed by atoms with Crippen molar-refractivity contribution in [3.63, 3.8) is 0 Å². The molecule has 0 amide bonds. The van der Waals surface area contributed by atoms with Gasteiger partial charge in [-0.2, -0.15) is 0 Å². The minimum absolute atomic E-state index is 0.429. The summed E-state index contributed by atoms with van der Waals surface area (Å²) in [5, 5.41) is 8.63. The molecule has 5 heteroatoms. The molecule has 18 heavy (non-hydrogen) atoms. The van der Waals surface area contributed by atoms with E-state index >= 15 is 0 Å². The Balaban J connectivity index is 1.81. The lowest BCUT2D eigenvalue weighted by molar-refractivity contribution is 0.185. The van der Waals surface area contributed by atoms with Crippen molar-refractivity contribution in [2.45, 2.75) is 44.0 Å². The summed E-state index contributed by atoms with van der Waals surface area (Å²) >= 11 is 5.94. The van der Waals surface area contributed by atoms with E-state index in [4.69, 9.17) is 16.3 Å². The second kappa shape index (κ2) is 5.17. The van der Waals surface area contributed by atoms with Crippen LogP contribution in [0.4, 0.5) is 0 Å². The molecule has 1 aromatic rings. The van der Waals surface area contributed by atoms with Gasteiger partial charge in [-0.3, -0.25) is 0 Å². The van der Waals surface area contributed by atoms with E-state index < -0.39 is 0 Å². The van der Waals surface area contributed by atoms with Gasteiger partial charge in [0.2, 0.25) is 0 Å². The van der Waals surface area contributed by atoms with Gasteiger partial charge >= 0.3 is 0 Å². The predicted molar refractivity (Wildman–Crippen MR) is 69.6 cm³/mol. The topological polar surface area (TPSA) is 39.9 Å². The maximum absolute atomic E-state index is 5.94. The van der Waals surface area contributed by atoms with Crippen LogP contribution in [0.3, 0.4) is 0 Å². The minimum Gasteiger partial charge on any atom is -0.383 e. The predicted octanol–water partition coefficient (Wildman–Crippen LogP) is 2.57. The van der Waals surface area contributed by atoms with Gasteiger partial charge in [0.1, 0.15) is 11.6 Å². The molecule has 2 fully saturated rings. The van der Waals surface area contributed by atoms with Gasteiger partial charge in [0.05, 0.1) is 12.5 Å². The molecule has 100 valence electrons. The van der Waals surface area contributed by atoms with E-state index in [9.17, 15) is 0 Å². The lowest BCUT2D eigenvalue weighted by Crippen LogP contribution is -2.11. The third-order valence-corrected chi connectivity index (χ3v) is 4.69. The summed E-state index contributed by atoms with van der Waals surface area (Å²) in [6.07, 6.45) is 5.49. The molecule has 0 aromatic carbocycles. The Kier molecular flexibility index (Phi) is 3.57. The van der Waals surface area contributed by atoms with Crippen molar-refractivity contribution in [3.8, 4) is 0 Å². The SMILES string of the molecule is COCCn1c(CCl)nnc1C1C2CCCCC21. The number of aromatic nitrogens is 3. The molecule has 0 N–H and O–H groups in total. The number of fused-ring (bicyclic) bond motifs is 1. The summed E-state index contributed by atoms with van der Waals surface area (Å²) in [6.45, 7) is 1.51. The maximum Gasteiger partial charge on any atom is 0.148 e. The van der Waals surface area contributed by atoms with E-state index in [2.05, 4.69) is 14.8 Å². The van der Waals surface area contributed by atoms with Crippen molar-refractivity contribution in [2.75, 3.05) is 13.7 Å². The first-order chi connectivity index (χ1) is 8.86. The van der Waals surface area contributed by atoms with E-state index in [-0.39, 0.29) is 0 Å². The fourth-order valence-corrected chi connectivity index (χ4v) is 3.69.